The summed E-state index contributed by atoms with van der Waals surface area (Å²) in [6.07, 6.45) is 2.20. The average Bonchev–Trinajstić information content (AvgIpc) is 3.15. The van der Waals surface area contributed by atoms with Crippen molar-refractivity contribution in [2.24, 2.45) is 21.7 Å². The molecule has 5 aromatic rings. The second-order valence-electron chi connectivity index (χ2n) is 27.2. The topological polar surface area (TPSA) is 0 Å². The molecule has 0 amide bonds. The van der Waals surface area contributed by atoms with Gasteiger partial charge in [-0.1, -0.05) is 111 Å². The molecule has 0 radical (unpaired) electrons. The standard InChI is InChI=1S/C34H54.C32H46/c1-19-23(5)29(33(15,16)31(9,10)11)24(6)20(2)27(19)28-21(3)25(7)30(26(8)22(28)4)34(17,18)32(12,13)14;1-17-18(2)22(6)28-26(16-32(12,13)14)30-24(8)20(4)19(3)23(7)29(30)25(15-31(9,10)11)27(28)21(17)5/h1-18H3;15-16H2,1-14H3. The minimum atomic E-state index is 0.0890. The van der Waals surface area contributed by atoms with Gasteiger partial charge in [0.05, 0.1) is 0 Å². The summed E-state index contributed by atoms with van der Waals surface area (Å²) in [5, 5.41) is 6.16. The lowest BCUT2D eigenvalue weighted by Gasteiger charge is -2.43. The fourth-order valence-electron chi connectivity index (χ4n) is 11.8. The minimum Gasteiger partial charge on any atom is -0.0599 e. The summed E-state index contributed by atoms with van der Waals surface area (Å²) in [4.78, 5) is 0. The van der Waals surface area contributed by atoms with Gasteiger partial charge < -0.3 is 0 Å². The maximum atomic E-state index is 2.43. The maximum absolute atomic E-state index is 2.43. The van der Waals surface area contributed by atoms with Crippen molar-refractivity contribution in [3.63, 3.8) is 0 Å². The van der Waals surface area contributed by atoms with E-state index in [4.69, 9.17) is 0 Å². The quantitative estimate of drug-likeness (QED) is 0.154. The lowest BCUT2D eigenvalue weighted by molar-refractivity contribution is 0.223. The highest BCUT2D eigenvalue weighted by atomic mass is 14.4. The number of rotatable bonds is 5. The van der Waals surface area contributed by atoms with E-state index in [1.54, 1.807) is 11.1 Å². The van der Waals surface area contributed by atoms with E-state index in [2.05, 4.69) is 222 Å². The summed E-state index contributed by atoms with van der Waals surface area (Å²) >= 11 is 0. The van der Waals surface area contributed by atoms with Gasteiger partial charge in [0, 0.05) is 0 Å². The molecule has 364 valence electrons. The Hall–Kier alpha value is -3.38. The molecule has 0 heteroatoms. The largest absolute Gasteiger partial charge is 0.0599 e. The number of aryl methyl sites for hydroxylation is 4. The third-order valence-electron chi connectivity index (χ3n) is 18.5. The predicted molar refractivity (Wildman–Crippen MR) is 300 cm³/mol. The van der Waals surface area contributed by atoms with Crippen molar-refractivity contribution in [2.75, 3.05) is 0 Å². The fraction of sp³-hybridized carbons (Fsp3) is 0.606. The Balaban J connectivity index is 0.000000289. The Morgan fingerprint density at radius 3 is 0.561 bits per heavy atom. The lowest BCUT2D eigenvalue weighted by Crippen LogP contribution is -2.36. The molecule has 5 rings (SSSR count). The minimum absolute atomic E-state index is 0.0890. The zero-order chi connectivity index (χ0) is 51.4. The van der Waals surface area contributed by atoms with Crippen molar-refractivity contribution in [1.82, 2.24) is 0 Å². The van der Waals surface area contributed by atoms with Gasteiger partial charge in [-0.3, -0.25) is 0 Å². The van der Waals surface area contributed by atoms with Gasteiger partial charge in [0.25, 0.3) is 0 Å². The second-order valence-corrected chi connectivity index (χ2v) is 27.2. The Morgan fingerprint density at radius 1 is 0.227 bits per heavy atom. The van der Waals surface area contributed by atoms with Gasteiger partial charge in [0.15, 0.2) is 0 Å². The van der Waals surface area contributed by atoms with Crippen molar-refractivity contribution >= 4 is 21.5 Å². The van der Waals surface area contributed by atoms with Crippen LogP contribution in [0.4, 0.5) is 0 Å². The number of benzene rings is 5. The molecule has 0 N–H and O–H groups in total. The molecule has 0 aliphatic carbocycles. The van der Waals surface area contributed by atoms with Crippen molar-refractivity contribution < 1.29 is 0 Å². The third-order valence-corrected chi connectivity index (χ3v) is 18.5. The van der Waals surface area contributed by atoms with Crippen LogP contribution in [0.3, 0.4) is 0 Å². The van der Waals surface area contributed by atoms with E-state index in [-0.39, 0.29) is 32.5 Å². The van der Waals surface area contributed by atoms with Crippen LogP contribution in [0.5, 0.6) is 0 Å². The van der Waals surface area contributed by atoms with Crippen molar-refractivity contribution in [3.8, 4) is 11.1 Å². The zero-order valence-electron chi connectivity index (χ0n) is 49.4. The van der Waals surface area contributed by atoms with E-state index in [1.807, 2.05) is 0 Å². The van der Waals surface area contributed by atoms with E-state index in [9.17, 15) is 0 Å². The van der Waals surface area contributed by atoms with Gasteiger partial charge in [-0.15, -0.1) is 0 Å². The van der Waals surface area contributed by atoms with Crippen LogP contribution in [0.2, 0.25) is 0 Å². The van der Waals surface area contributed by atoms with Crippen LogP contribution < -0.4 is 0 Å². The van der Waals surface area contributed by atoms with Crippen LogP contribution in [0, 0.1) is 132 Å². The summed E-state index contributed by atoms with van der Waals surface area (Å²) in [6, 6.07) is 0. The molecule has 0 nitrogen and oxygen atoms in total. The predicted octanol–water partition coefficient (Wildman–Crippen LogP) is 20.1. The van der Waals surface area contributed by atoms with Crippen LogP contribution >= 0.6 is 0 Å². The van der Waals surface area contributed by atoms with E-state index in [1.165, 1.54) is 133 Å². The van der Waals surface area contributed by atoms with Crippen LogP contribution in [0.25, 0.3) is 32.7 Å². The summed E-state index contributed by atoms with van der Waals surface area (Å²) in [7, 11) is 0. The Bertz CT molecular complexity index is 2410. The summed E-state index contributed by atoms with van der Waals surface area (Å²) in [5.41, 5.74) is 33.6. The molecule has 0 fully saturated rings. The molecule has 0 aromatic heterocycles. The molecule has 0 spiro atoms. The Morgan fingerprint density at radius 2 is 0.409 bits per heavy atom. The van der Waals surface area contributed by atoms with E-state index in [0.717, 1.165) is 12.8 Å². The smallest absolute Gasteiger partial charge is 0.00496 e. The van der Waals surface area contributed by atoms with E-state index in [0.29, 0.717) is 0 Å². The Labute approximate surface area is 409 Å². The molecule has 0 unspecified atom stereocenters. The number of fused-ring (bicyclic) bond motifs is 2. The molecule has 0 saturated carbocycles. The molecular weight excluding hydrogens is 793 g/mol. The number of hydrogen-bond donors (Lipinski definition) is 0. The lowest BCUT2D eigenvalue weighted by atomic mass is 9.61. The SMILES string of the molecule is Cc1c(C)c(C(C)(C)C(C)(C)C)c(C)c(C)c1-c1c(C)c(C)c(C(C)(C)C(C)(C)C)c(C)c1C.Cc1c(C)c(C)c2c(CC(C)(C)C)c3c(C)c(C)c(C)c(C)c3c(CC(C)(C)C)c2c1C. The fourth-order valence-corrected chi connectivity index (χ4v) is 11.8. The molecular formula is C66H100. The van der Waals surface area contributed by atoms with Crippen molar-refractivity contribution in [2.45, 2.75) is 245 Å². The Kier molecular flexibility index (Phi) is 14.9. The molecule has 5 aromatic carbocycles. The van der Waals surface area contributed by atoms with Crippen LogP contribution in [-0.2, 0) is 23.7 Å². The van der Waals surface area contributed by atoms with Gasteiger partial charge in [0.1, 0.15) is 0 Å². The zero-order valence-corrected chi connectivity index (χ0v) is 49.4. The molecule has 66 heavy (non-hydrogen) atoms. The second kappa shape index (κ2) is 17.9. The third kappa shape index (κ3) is 9.25. The first-order chi connectivity index (χ1) is 29.5. The highest BCUT2D eigenvalue weighted by Gasteiger charge is 2.40. The van der Waals surface area contributed by atoms with Gasteiger partial charge in [0.2, 0.25) is 0 Å². The normalized spacial score (nSPS) is 13.3. The van der Waals surface area contributed by atoms with Crippen LogP contribution in [0.15, 0.2) is 0 Å². The first-order valence-corrected chi connectivity index (χ1v) is 25.7. The highest BCUT2D eigenvalue weighted by Crippen LogP contribution is 2.52. The monoisotopic (exact) mass is 893 g/mol. The first-order valence-electron chi connectivity index (χ1n) is 25.7. The van der Waals surface area contributed by atoms with Gasteiger partial charge >= 0.3 is 0 Å². The summed E-state index contributed by atoms with van der Waals surface area (Å²) in [6.45, 7) is 75.9. The molecule has 0 saturated heterocycles. The van der Waals surface area contributed by atoms with E-state index >= 15 is 0 Å². The maximum Gasteiger partial charge on any atom is -0.00496 e. The molecule has 0 aliphatic rings. The highest BCUT2D eigenvalue weighted by molar-refractivity contribution is 6.11. The van der Waals surface area contributed by atoms with Crippen LogP contribution in [0.1, 0.15) is 222 Å². The molecule has 0 atom stereocenters. The molecule has 0 bridgehead atoms. The van der Waals surface area contributed by atoms with Crippen LogP contribution in [-0.4, -0.2) is 0 Å². The average molecular weight is 894 g/mol. The summed E-state index contributed by atoms with van der Waals surface area (Å²) < 4.78 is 0. The molecule has 0 heterocycles. The number of hydrogen-bond acceptors (Lipinski definition) is 0. The summed E-state index contributed by atoms with van der Waals surface area (Å²) in [5.74, 6) is 0. The molecule has 0 aliphatic heterocycles. The van der Waals surface area contributed by atoms with E-state index < -0.39 is 0 Å². The first kappa shape index (κ1) is 55.2. The van der Waals surface area contributed by atoms with Crippen molar-refractivity contribution in [3.05, 3.63) is 111 Å². The van der Waals surface area contributed by atoms with Gasteiger partial charge in [-0.05, 0) is 300 Å². The van der Waals surface area contributed by atoms with Crippen molar-refractivity contribution in [1.29, 1.82) is 0 Å². The van der Waals surface area contributed by atoms with Gasteiger partial charge in [-0.25, -0.2) is 0 Å². The van der Waals surface area contributed by atoms with Gasteiger partial charge in [-0.2, -0.15) is 0 Å².